The highest BCUT2D eigenvalue weighted by Crippen LogP contribution is 2.26. The van der Waals surface area contributed by atoms with Crippen LogP contribution in [0.3, 0.4) is 0 Å². The number of aliphatic hydroxyl groups excluding tert-OH is 1. The van der Waals surface area contributed by atoms with Gasteiger partial charge < -0.3 is 15.7 Å². The van der Waals surface area contributed by atoms with Crippen molar-refractivity contribution in [2.45, 2.75) is 19.4 Å². The molecule has 0 aliphatic heterocycles. The molecule has 0 unspecified atom stereocenters. The molecular formula is C15H19N3OS. The van der Waals surface area contributed by atoms with Crippen LogP contribution in [-0.2, 0) is 0 Å². The number of rotatable bonds is 4. The van der Waals surface area contributed by atoms with Crippen molar-refractivity contribution in [2.24, 2.45) is 5.73 Å². The smallest absolute Gasteiger partial charge is 0.130 e. The molecule has 0 aliphatic carbocycles. The summed E-state index contributed by atoms with van der Waals surface area (Å²) in [4.78, 5) is 6.91. The molecule has 3 N–H and O–H groups in total. The first-order chi connectivity index (χ1) is 9.36. The Morgan fingerprint density at radius 1 is 1.40 bits per heavy atom. The number of anilines is 1. The second-order valence-corrected chi connectivity index (χ2v) is 5.88. The molecule has 0 radical (unpaired) electrons. The number of thiocarbonyl (C=S) groups is 1. The molecule has 0 saturated carbocycles. The van der Waals surface area contributed by atoms with Gasteiger partial charge in [0, 0.05) is 18.0 Å². The molecule has 20 heavy (non-hydrogen) atoms. The highest BCUT2D eigenvalue weighted by atomic mass is 32.1. The SMILES string of the molecule is CN(c1cc(C(N)=S)c2ccccc2n1)C(C)(C)CO. The van der Waals surface area contributed by atoms with E-state index in [1.54, 1.807) is 0 Å². The summed E-state index contributed by atoms with van der Waals surface area (Å²) in [6.45, 7) is 3.93. The van der Waals surface area contributed by atoms with Crippen molar-refractivity contribution in [3.63, 3.8) is 0 Å². The number of pyridine rings is 1. The Hall–Kier alpha value is -1.72. The Bertz CT molecular complexity index is 655. The van der Waals surface area contributed by atoms with Crippen LogP contribution in [0.4, 0.5) is 5.82 Å². The van der Waals surface area contributed by atoms with Crippen molar-refractivity contribution in [2.75, 3.05) is 18.6 Å². The maximum absolute atomic E-state index is 9.50. The largest absolute Gasteiger partial charge is 0.394 e. The van der Waals surface area contributed by atoms with E-state index in [0.29, 0.717) is 4.99 Å². The van der Waals surface area contributed by atoms with Gasteiger partial charge in [-0.05, 0) is 26.0 Å². The summed E-state index contributed by atoms with van der Waals surface area (Å²) in [6, 6.07) is 9.63. The van der Waals surface area contributed by atoms with Gasteiger partial charge in [0.25, 0.3) is 0 Å². The summed E-state index contributed by atoms with van der Waals surface area (Å²) in [5.41, 5.74) is 7.06. The molecule has 4 nitrogen and oxygen atoms in total. The van der Waals surface area contributed by atoms with E-state index in [9.17, 15) is 5.11 Å². The van der Waals surface area contributed by atoms with Crippen molar-refractivity contribution < 1.29 is 5.11 Å². The van der Waals surface area contributed by atoms with Crippen LogP contribution in [0.2, 0.25) is 0 Å². The molecule has 0 fully saturated rings. The molecule has 0 atom stereocenters. The van der Waals surface area contributed by atoms with Crippen LogP contribution < -0.4 is 10.6 Å². The molecule has 0 amide bonds. The molecule has 0 saturated heterocycles. The van der Waals surface area contributed by atoms with Crippen molar-refractivity contribution in [1.29, 1.82) is 0 Å². The molecule has 0 bridgehead atoms. The Morgan fingerprint density at radius 2 is 2.05 bits per heavy atom. The van der Waals surface area contributed by atoms with Crippen LogP contribution in [0.5, 0.6) is 0 Å². The Balaban J connectivity index is 2.64. The number of para-hydroxylation sites is 1. The standard InChI is InChI=1S/C15H19N3OS/c1-15(2,9-19)18(3)13-8-11(14(16)20)10-6-4-5-7-12(10)17-13/h4-8,19H,9H2,1-3H3,(H2,16,20). The average molecular weight is 289 g/mol. The van der Waals surface area contributed by atoms with E-state index in [2.05, 4.69) is 4.98 Å². The van der Waals surface area contributed by atoms with Gasteiger partial charge in [-0.2, -0.15) is 0 Å². The molecule has 0 aliphatic rings. The van der Waals surface area contributed by atoms with E-state index < -0.39 is 5.54 Å². The van der Waals surface area contributed by atoms with Crippen molar-refractivity contribution in [3.8, 4) is 0 Å². The zero-order valence-electron chi connectivity index (χ0n) is 11.9. The third-order valence-corrected chi connectivity index (χ3v) is 3.83. The number of benzene rings is 1. The zero-order valence-corrected chi connectivity index (χ0v) is 12.7. The monoisotopic (exact) mass is 289 g/mol. The lowest BCUT2D eigenvalue weighted by Gasteiger charge is -2.35. The van der Waals surface area contributed by atoms with Gasteiger partial charge in [-0.15, -0.1) is 0 Å². The third-order valence-electron chi connectivity index (χ3n) is 3.61. The zero-order chi connectivity index (χ0) is 14.9. The van der Waals surface area contributed by atoms with Gasteiger partial charge in [0.05, 0.1) is 17.7 Å². The van der Waals surface area contributed by atoms with Crippen LogP contribution >= 0.6 is 12.2 Å². The van der Waals surface area contributed by atoms with Gasteiger partial charge in [-0.1, -0.05) is 30.4 Å². The summed E-state index contributed by atoms with van der Waals surface area (Å²) in [5, 5.41) is 10.4. The molecule has 1 aromatic carbocycles. The quantitative estimate of drug-likeness (QED) is 0.844. The van der Waals surface area contributed by atoms with E-state index in [1.165, 1.54) is 0 Å². The predicted octanol–water partition coefficient (Wildman–Crippen LogP) is 2.08. The number of aromatic nitrogens is 1. The summed E-state index contributed by atoms with van der Waals surface area (Å²) < 4.78 is 0. The predicted molar refractivity (Wildman–Crippen MR) is 87.2 cm³/mol. The van der Waals surface area contributed by atoms with Crippen molar-refractivity contribution >= 4 is 33.9 Å². The van der Waals surface area contributed by atoms with E-state index in [1.807, 2.05) is 56.1 Å². The average Bonchev–Trinajstić information content (AvgIpc) is 2.45. The summed E-state index contributed by atoms with van der Waals surface area (Å²) in [5.74, 6) is 0.741. The fourth-order valence-electron chi connectivity index (χ4n) is 1.95. The van der Waals surface area contributed by atoms with Gasteiger partial charge in [-0.3, -0.25) is 0 Å². The fraction of sp³-hybridized carbons (Fsp3) is 0.333. The van der Waals surface area contributed by atoms with Crippen LogP contribution in [-0.4, -0.2) is 34.3 Å². The van der Waals surface area contributed by atoms with Crippen LogP contribution in [0.15, 0.2) is 30.3 Å². The second kappa shape index (κ2) is 5.34. The first kappa shape index (κ1) is 14.7. The van der Waals surface area contributed by atoms with Crippen molar-refractivity contribution in [1.82, 2.24) is 4.98 Å². The number of hydrogen-bond donors (Lipinski definition) is 2. The lowest BCUT2D eigenvalue weighted by molar-refractivity contribution is 0.215. The summed E-state index contributed by atoms with van der Waals surface area (Å²) in [7, 11) is 1.90. The number of likely N-dealkylation sites (N-methyl/N-ethyl adjacent to an activating group) is 1. The lowest BCUT2D eigenvalue weighted by Crippen LogP contribution is -2.44. The topological polar surface area (TPSA) is 62.4 Å². The number of fused-ring (bicyclic) bond motifs is 1. The van der Waals surface area contributed by atoms with Gasteiger partial charge in [-0.25, -0.2) is 4.98 Å². The number of nitrogens with two attached hydrogens (primary N) is 1. The van der Waals surface area contributed by atoms with Crippen LogP contribution in [0.25, 0.3) is 10.9 Å². The second-order valence-electron chi connectivity index (χ2n) is 5.44. The summed E-state index contributed by atoms with van der Waals surface area (Å²) in [6.07, 6.45) is 0. The van der Waals surface area contributed by atoms with E-state index in [4.69, 9.17) is 18.0 Å². The van der Waals surface area contributed by atoms with E-state index in [-0.39, 0.29) is 6.61 Å². The first-order valence-corrected chi connectivity index (χ1v) is 6.82. The number of hydrogen-bond acceptors (Lipinski definition) is 4. The van der Waals surface area contributed by atoms with Gasteiger partial charge in [0.1, 0.15) is 10.8 Å². The third kappa shape index (κ3) is 2.59. The fourth-order valence-corrected chi connectivity index (χ4v) is 2.12. The van der Waals surface area contributed by atoms with Crippen LogP contribution in [0.1, 0.15) is 19.4 Å². The van der Waals surface area contributed by atoms with Gasteiger partial charge in [0.15, 0.2) is 0 Å². The minimum absolute atomic E-state index is 0.0282. The highest BCUT2D eigenvalue weighted by Gasteiger charge is 2.24. The van der Waals surface area contributed by atoms with Crippen molar-refractivity contribution in [3.05, 3.63) is 35.9 Å². The normalized spacial score (nSPS) is 11.6. The molecule has 1 aromatic heterocycles. The molecule has 106 valence electrons. The molecule has 0 spiro atoms. The van der Waals surface area contributed by atoms with Gasteiger partial charge >= 0.3 is 0 Å². The molecule has 1 heterocycles. The number of aliphatic hydroxyl groups is 1. The first-order valence-electron chi connectivity index (χ1n) is 6.41. The Labute approximate surface area is 124 Å². The maximum atomic E-state index is 9.50. The number of nitrogens with zero attached hydrogens (tertiary/aromatic N) is 2. The molecule has 2 aromatic rings. The summed E-state index contributed by atoms with van der Waals surface area (Å²) >= 11 is 5.14. The minimum atomic E-state index is -0.414. The Morgan fingerprint density at radius 3 is 2.65 bits per heavy atom. The van der Waals surface area contributed by atoms with E-state index >= 15 is 0 Å². The molecular weight excluding hydrogens is 270 g/mol. The Kier molecular flexibility index (Phi) is 3.92. The van der Waals surface area contributed by atoms with Gasteiger partial charge in [0.2, 0.25) is 0 Å². The lowest BCUT2D eigenvalue weighted by atomic mass is 10.0. The molecule has 5 heteroatoms. The maximum Gasteiger partial charge on any atom is 0.130 e. The highest BCUT2D eigenvalue weighted by molar-refractivity contribution is 7.80. The minimum Gasteiger partial charge on any atom is -0.394 e. The van der Waals surface area contributed by atoms with Crippen LogP contribution in [0, 0.1) is 0 Å². The van der Waals surface area contributed by atoms with E-state index in [0.717, 1.165) is 22.3 Å². The molecule has 2 rings (SSSR count).